The third-order valence-electron chi connectivity index (χ3n) is 3.94. The molecule has 0 bridgehead atoms. The fourth-order valence-electron chi connectivity index (χ4n) is 2.78. The minimum absolute atomic E-state index is 0.395. The fraction of sp³-hybridized carbons (Fsp3) is 0.923. The number of likely N-dealkylation sites (tertiary alicyclic amines) is 1. The SMILES string of the molecule is O=C1CCCCCN1CCC1CCNCC1. The molecule has 0 unspecified atom stereocenters. The van der Waals surface area contributed by atoms with Crippen molar-refractivity contribution in [2.45, 2.75) is 44.9 Å². The first-order valence-electron chi connectivity index (χ1n) is 6.85. The van der Waals surface area contributed by atoms with Gasteiger partial charge in [-0.15, -0.1) is 0 Å². The molecule has 2 fully saturated rings. The molecule has 0 saturated carbocycles. The number of nitrogens with zero attached hydrogens (tertiary/aromatic N) is 1. The van der Waals surface area contributed by atoms with Gasteiger partial charge in [0.1, 0.15) is 0 Å². The van der Waals surface area contributed by atoms with Crippen molar-refractivity contribution in [2.24, 2.45) is 5.92 Å². The molecule has 3 nitrogen and oxygen atoms in total. The van der Waals surface area contributed by atoms with E-state index >= 15 is 0 Å². The Morgan fingerprint density at radius 3 is 2.81 bits per heavy atom. The van der Waals surface area contributed by atoms with E-state index in [0.29, 0.717) is 5.91 Å². The van der Waals surface area contributed by atoms with Crippen molar-refractivity contribution in [3.8, 4) is 0 Å². The van der Waals surface area contributed by atoms with Crippen LogP contribution < -0.4 is 5.32 Å². The molecule has 2 rings (SSSR count). The Bertz CT molecular complexity index is 224. The van der Waals surface area contributed by atoms with Crippen LogP contribution in [0, 0.1) is 5.92 Å². The number of hydrogen-bond acceptors (Lipinski definition) is 2. The van der Waals surface area contributed by atoms with Crippen LogP contribution in [0.4, 0.5) is 0 Å². The van der Waals surface area contributed by atoms with Crippen LogP contribution in [0.15, 0.2) is 0 Å². The summed E-state index contributed by atoms with van der Waals surface area (Å²) >= 11 is 0. The lowest BCUT2D eigenvalue weighted by Gasteiger charge is -2.26. The quantitative estimate of drug-likeness (QED) is 0.792. The van der Waals surface area contributed by atoms with Crippen LogP contribution in [-0.2, 0) is 4.79 Å². The van der Waals surface area contributed by atoms with Crippen LogP contribution in [0.25, 0.3) is 0 Å². The normalized spacial score (nSPS) is 24.5. The van der Waals surface area contributed by atoms with Crippen LogP contribution in [-0.4, -0.2) is 37.0 Å². The van der Waals surface area contributed by atoms with Crippen molar-refractivity contribution in [1.29, 1.82) is 0 Å². The molecule has 2 heterocycles. The molecule has 2 aliphatic heterocycles. The van der Waals surface area contributed by atoms with Gasteiger partial charge in [-0.2, -0.15) is 0 Å². The monoisotopic (exact) mass is 224 g/mol. The highest BCUT2D eigenvalue weighted by Gasteiger charge is 2.19. The largest absolute Gasteiger partial charge is 0.343 e. The number of nitrogens with one attached hydrogen (secondary N) is 1. The summed E-state index contributed by atoms with van der Waals surface area (Å²) in [7, 11) is 0. The summed E-state index contributed by atoms with van der Waals surface area (Å²) in [5.41, 5.74) is 0. The highest BCUT2D eigenvalue weighted by atomic mass is 16.2. The maximum absolute atomic E-state index is 11.8. The van der Waals surface area contributed by atoms with Gasteiger partial charge in [0.2, 0.25) is 5.91 Å². The zero-order chi connectivity index (χ0) is 11.2. The van der Waals surface area contributed by atoms with Gasteiger partial charge in [-0.05, 0) is 51.1 Å². The molecule has 1 amide bonds. The van der Waals surface area contributed by atoms with Crippen molar-refractivity contribution in [3.05, 3.63) is 0 Å². The summed E-state index contributed by atoms with van der Waals surface area (Å²) in [6, 6.07) is 0. The van der Waals surface area contributed by atoms with Crippen LogP contribution in [0.1, 0.15) is 44.9 Å². The molecule has 3 heteroatoms. The average molecular weight is 224 g/mol. The molecule has 0 aliphatic carbocycles. The number of carbonyl (C=O) groups is 1. The second-order valence-corrected chi connectivity index (χ2v) is 5.17. The molecule has 0 aromatic rings. The number of hydrogen-bond donors (Lipinski definition) is 1. The molecule has 92 valence electrons. The van der Waals surface area contributed by atoms with Gasteiger partial charge in [0.25, 0.3) is 0 Å². The summed E-state index contributed by atoms with van der Waals surface area (Å²) in [6.07, 6.45) is 8.12. The average Bonchev–Trinajstić information content (AvgIpc) is 2.53. The van der Waals surface area contributed by atoms with Gasteiger partial charge >= 0.3 is 0 Å². The van der Waals surface area contributed by atoms with Crippen molar-refractivity contribution in [3.63, 3.8) is 0 Å². The zero-order valence-electron chi connectivity index (χ0n) is 10.2. The lowest BCUT2D eigenvalue weighted by atomic mass is 9.94. The highest BCUT2D eigenvalue weighted by molar-refractivity contribution is 5.76. The predicted molar refractivity (Wildman–Crippen MR) is 65.3 cm³/mol. The number of amides is 1. The van der Waals surface area contributed by atoms with Crippen molar-refractivity contribution < 1.29 is 4.79 Å². The van der Waals surface area contributed by atoms with Crippen molar-refractivity contribution in [1.82, 2.24) is 10.2 Å². The molecule has 1 N–H and O–H groups in total. The van der Waals surface area contributed by atoms with E-state index in [9.17, 15) is 4.79 Å². The van der Waals surface area contributed by atoms with Gasteiger partial charge < -0.3 is 10.2 Å². The second kappa shape index (κ2) is 6.24. The molecule has 16 heavy (non-hydrogen) atoms. The Balaban J connectivity index is 1.72. The summed E-state index contributed by atoms with van der Waals surface area (Å²) < 4.78 is 0. The molecule has 0 aromatic heterocycles. The fourth-order valence-corrected chi connectivity index (χ4v) is 2.78. The summed E-state index contributed by atoms with van der Waals surface area (Å²) in [5.74, 6) is 1.24. The first-order chi connectivity index (χ1) is 7.86. The first kappa shape index (κ1) is 11.9. The Hall–Kier alpha value is -0.570. The minimum Gasteiger partial charge on any atom is -0.343 e. The molecule has 0 radical (unpaired) electrons. The van der Waals surface area contributed by atoms with Gasteiger partial charge in [-0.3, -0.25) is 4.79 Å². The molecule has 0 aromatic carbocycles. The maximum Gasteiger partial charge on any atom is 0.222 e. The Kier molecular flexibility index (Phi) is 4.64. The lowest BCUT2D eigenvalue weighted by Crippen LogP contribution is -2.34. The Morgan fingerprint density at radius 2 is 2.00 bits per heavy atom. The van der Waals surface area contributed by atoms with Gasteiger partial charge in [0.05, 0.1) is 0 Å². The van der Waals surface area contributed by atoms with Crippen LogP contribution in [0.3, 0.4) is 0 Å². The Labute approximate surface area is 98.6 Å². The third-order valence-corrected chi connectivity index (χ3v) is 3.94. The zero-order valence-corrected chi connectivity index (χ0v) is 10.2. The van der Waals surface area contributed by atoms with E-state index in [1.54, 1.807) is 0 Å². The molecule has 2 aliphatic rings. The van der Waals surface area contributed by atoms with Gasteiger partial charge in [0, 0.05) is 19.5 Å². The lowest BCUT2D eigenvalue weighted by molar-refractivity contribution is -0.130. The summed E-state index contributed by atoms with van der Waals surface area (Å²) in [6.45, 7) is 4.34. The minimum atomic E-state index is 0.395. The van der Waals surface area contributed by atoms with E-state index in [2.05, 4.69) is 10.2 Å². The van der Waals surface area contributed by atoms with Crippen molar-refractivity contribution >= 4 is 5.91 Å². The van der Waals surface area contributed by atoms with E-state index in [0.717, 1.165) is 31.8 Å². The van der Waals surface area contributed by atoms with Gasteiger partial charge in [0.15, 0.2) is 0 Å². The van der Waals surface area contributed by atoms with E-state index in [1.165, 1.54) is 45.2 Å². The van der Waals surface area contributed by atoms with Crippen LogP contribution in [0.2, 0.25) is 0 Å². The maximum atomic E-state index is 11.8. The number of rotatable bonds is 3. The second-order valence-electron chi connectivity index (χ2n) is 5.17. The van der Waals surface area contributed by atoms with Crippen molar-refractivity contribution in [2.75, 3.05) is 26.2 Å². The van der Waals surface area contributed by atoms with Crippen LogP contribution in [0.5, 0.6) is 0 Å². The molecule has 0 spiro atoms. The predicted octanol–water partition coefficient (Wildman–Crippen LogP) is 1.78. The van der Waals surface area contributed by atoms with Gasteiger partial charge in [-0.25, -0.2) is 0 Å². The first-order valence-corrected chi connectivity index (χ1v) is 6.85. The number of carbonyl (C=O) groups excluding carboxylic acids is 1. The standard InChI is InChI=1S/C13H24N2O/c16-13-4-2-1-3-10-15(13)11-7-12-5-8-14-9-6-12/h12,14H,1-11H2. The van der Waals surface area contributed by atoms with E-state index < -0.39 is 0 Å². The molecular weight excluding hydrogens is 200 g/mol. The van der Waals surface area contributed by atoms with E-state index in [1.807, 2.05) is 0 Å². The Morgan fingerprint density at radius 1 is 1.19 bits per heavy atom. The summed E-state index contributed by atoms with van der Waals surface area (Å²) in [4.78, 5) is 13.9. The number of piperidine rings is 1. The molecule has 2 saturated heterocycles. The molecular formula is C13H24N2O. The highest BCUT2D eigenvalue weighted by Crippen LogP contribution is 2.18. The molecule has 0 atom stereocenters. The van der Waals surface area contributed by atoms with Gasteiger partial charge in [-0.1, -0.05) is 6.42 Å². The van der Waals surface area contributed by atoms with Crippen LogP contribution >= 0.6 is 0 Å². The smallest absolute Gasteiger partial charge is 0.222 e. The summed E-state index contributed by atoms with van der Waals surface area (Å²) in [5, 5.41) is 3.39. The van der Waals surface area contributed by atoms with E-state index in [-0.39, 0.29) is 0 Å². The third kappa shape index (κ3) is 3.48. The topological polar surface area (TPSA) is 32.3 Å². The van der Waals surface area contributed by atoms with E-state index in [4.69, 9.17) is 0 Å².